The zero-order chi connectivity index (χ0) is 98.6. The van der Waals surface area contributed by atoms with Gasteiger partial charge in [0.2, 0.25) is 0 Å². The van der Waals surface area contributed by atoms with E-state index in [1.54, 1.807) is 61.2 Å². The summed E-state index contributed by atoms with van der Waals surface area (Å²) in [6.07, 6.45) is 16.7. The summed E-state index contributed by atoms with van der Waals surface area (Å²) < 4.78 is 13.3. The van der Waals surface area contributed by atoms with Gasteiger partial charge in [-0.25, -0.2) is 15.0 Å². The molecule has 19 heteroatoms. The Kier molecular flexibility index (Phi) is 28.0. The Morgan fingerprint density at radius 1 is 0.331 bits per heavy atom. The third kappa shape index (κ3) is 22.7. The van der Waals surface area contributed by atoms with Crippen LogP contribution in [-0.2, 0) is 32.5 Å². The van der Waals surface area contributed by atoms with E-state index in [0.717, 1.165) is 94.9 Å². The Hall–Kier alpha value is -14.9. The van der Waals surface area contributed by atoms with Crippen molar-refractivity contribution in [1.29, 1.82) is 0 Å². The molecule has 8 aromatic heterocycles. The van der Waals surface area contributed by atoms with E-state index in [1.807, 2.05) is 117 Å². The SMILES string of the molecule is CC(C)CNC(=O)c1ccc(NC(=O)c2ccc(-c3c4nc(c(-c5cc(C(C)(C)C)cc(C(C)(C)C)c5)c5ccc([nH]5)c(-c5cc(C(C)(C)C)cc(C(C)(C)C)c5)c5nc(c(-c6cc(C(C)(C)C)cc(C(C)(C)C)c6)c6ccc3[nH]6)C=C5)C=C4)cc2)cc1OCCCNC(=O)c1cccc(-c2cc(-c3ccccn3)nc(-c3ccccn3)c2)c1OCCCCNC(=O)c1ccc(-c2ccccn2)nc1. The number of hydrogen-bond acceptors (Lipinski definition) is 13. The van der Waals surface area contributed by atoms with Crippen LogP contribution in [-0.4, -0.2) is 101 Å². The number of nitrogens with one attached hydrogen (secondary N) is 6. The summed E-state index contributed by atoms with van der Waals surface area (Å²) in [6, 6.07) is 72.4. The van der Waals surface area contributed by atoms with Crippen molar-refractivity contribution in [3.05, 3.63) is 322 Å². The van der Waals surface area contributed by atoms with Crippen molar-refractivity contribution in [2.24, 2.45) is 5.92 Å². The lowest BCUT2D eigenvalue weighted by molar-refractivity contribution is 0.0938. The number of hydrogen-bond donors (Lipinski definition) is 6. The van der Waals surface area contributed by atoms with Gasteiger partial charge in [0.25, 0.3) is 23.6 Å². The molecule has 8 bridgehead atoms. The first-order valence-corrected chi connectivity index (χ1v) is 48.3. The van der Waals surface area contributed by atoms with Gasteiger partial charge in [0.05, 0.1) is 86.8 Å². The number of rotatable bonds is 26. The molecule has 2 aliphatic heterocycles. The molecule has 139 heavy (non-hydrogen) atoms. The number of anilines is 1. The van der Waals surface area contributed by atoms with E-state index in [4.69, 9.17) is 24.4 Å². The maximum Gasteiger partial charge on any atom is 0.255 e. The summed E-state index contributed by atoms with van der Waals surface area (Å²) in [5.74, 6) is -0.630. The standard InChI is InChI=1S/C120H127N13O6/c1-73(2)71-127-113(136)89-42-41-87(70-105(89)138-58-30-56-125-114(137)90-32-29-31-88(77-65-103(92-34-22-25-53-122-92)133-104(66-77)93-35-23-26-54-123-93)110(90)139-57-28-27-55-124-111(134)76-40-43-94(126-72-76)91-33-21-24-52-121-91)128-112(135)75-38-36-74(37-39-75)106-95-44-46-97(129-95)107(78-59-81(115(3,4)5)67-82(60-78)116(6,7)8)99-48-50-101(131-99)109(80-63-85(119(15,16)17)69-86(64-80)120(18,19)20)102-51-49-100(132-102)108(98-47-45-96(106)130-98)79-61-83(117(9,10)11)68-84(62-79)118(12,13)14/h21-26,29,31-54,59-70,72-73,129,132H,27-28,30,55-58,71H2,1-20H3,(H,124,134)(H,125,137)(H,127,136)(H,128,135). The van der Waals surface area contributed by atoms with Crippen LogP contribution in [0.3, 0.4) is 0 Å². The van der Waals surface area contributed by atoms with E-state index >= 15 is 0 Å². The smallest absolute Gasteiger partial charge is 0.255 e. The van der Waals surface area contributed by atoms with E-state index in [-0.39, 0.29) is 81.3 Å². The third-order valence-electron chi connectivity index (χ3n) is 25.4. The summed E-state index contributed by atoms with van der Waals surface area (Å²) in [7, 11) is 0. The fourth-order valence-electron chi connectivity index (χ4n) is 17.2. The quantitative estimate of drug-likeness (QED) is 0.0276. The molecule has 2 aliphatic rings. The highest BCUT2D eigenvalue weighted by molar-refractivity contribution is 6.07. The molecular formula is C120H127N13O6. The first-order chi connectivity index (χ1) is 66.1. The fraction of sp³-hybridized carbons (Fsp3) is 0.292. The average molecular weight is 1850 g/mol. The zero-order valence-electron chi connectivity index (χ0n) is 83.7. The van der Waals surface area contributed by atoms with Gasteiger partial charge in [0.15, 0.2) is 0 Å². The average Bonchev–Trinajstić information content (AvgIpc) is 1.57. The van der Waals surface area contributed by atoms with E-state index in [2.05, 4.69) is 279 Å². The van der Waals surface area contributed by atoms with Gasteiger partial charge in [0, 0.05) is 112 Å². The van der Waals surface area contributed by atoms with Crippen molar-refractivity contribution in [2.45, 2.75) is 190 Å². The predicted molar refractivity (Wildman–Crippen MR) is 567 cm³/mol. The monoisotopic (exact) mass is 1850 g/mol. The molecule has 0 fully saturated rings. The molecular weight excluding hydrogens is 1720 g/mol. The Bertz CT molecular complexity index is 6980. The van der Waals surface area contributed by atoms with Gasteiger partial charge in [-0.2, -0.15) is 0 Å². The number of carbonyl (C=O) groups is 4. The Balaban J connectivity index is 0.724. The highest BCUT2D eigenvalue weighted by Gasteiger charge is 2.31. The number of H-pyrrole nitrogens is 2. The first kappa shape index (κ1) is 97.2. The van der Waals surface area contributed by atoms with Crippen LogP contribution in [0, 0.1) is 5.92 Å². The minimum absolute atomic E-state index is 0.0780. The number of para-hydroxylation sites is 1. The summed E-state index contributed by atoms with van der Waals surface area (Å²) >= 11 is 0. The van der Waals surface area contributed by atoms with E-state index in [0.29, 0.717) is 100 Å². The number of pyridine rings is 5. The number of unbranched alkanes of at least 4 members (excludes halogenated alkanes) is 1. The van der Waals surface area contributed by atoms with Gasteiger partial charge < -0.3 is 40.7 Å². The summed E-state index contributed by atoms with van der Waals surface area (Å²) in [5, 5.41) is 12.3. The van der Waals surface area contributed by atoms with Crippen LogP contribution >= 0.6 is 0 Å². The van der Waals surface area contributed by atoms with Crippen molar-refractivity contribution in [3.63, 3.8) is 0 Å². The van der Waals surface area contributed by atoms with Crippen LogP contribution in [0.1, 0.15) is 255 Å². The number of benzene rings is 6. The number of amides is 4. The number of aromatic amines is 2. The predicted octanol–water partition coefficient (Wildman–Crippen LogP) is 27.2. The van der Waals surface area contributed by atoms with Crippen molar-refractivity contribution in [2.75, 3.05) is 38.2 Å². The molecule has 14 aromatic rings. The van der Waals surface area contributed by atoms with E-state index < -0.39 is 11.8 Å². The molecule has 0 radical (unpaired) electrons. The second-order valence-electron chi connectivity index (χ2n) is 42.9. The lowest BCUT2D eigenvalue weighted by atomic mass is 9.78. The highest BCUT2D eigenvalue weighted by Crippen LogP contribution is 2.46. The molecule has 19 nitrogen and oxygen atoms in total. The zero-order valence-corrected chi connectivity index (χ0v) is 83.7. The molecule has 4 amide bonds. The number of fused-ring (bicyclic) bond motifs is 8. The highest BCUT2D eigenvalue weighted by atomic mass is 16.5. The number of nitrogens with zero attached hydrogens (tertiary/aromatic N) is 7. The number of aromatic nitrogens is 9. The molecule has 10 heterocycles. The maximum atomic E-state index is 15.0. The Morgan fingerprint density at radius 3 is 1.17 bits per heavy atom. The molecule has 0 spiro atoms. The van der Waals surface area contributed by atoms with Crippen LogP contribution in [0.25, 0.3) is 136 Å². The molecule has 0 saturated heterocycles. The number of carbonyl (C=O) groups excluding carboxylic acids is 4. The van der Waals surface area contributed by atoms with Crippen LogP contribution in [0.2, 0.25) is 0 Å². The van der Waals surface area contributed by atoms with Gasteiger partial charge in [-0.1, -0.05) is 236 Å². The van der Waals surface area contributed by atoms with Gasteiger partial charge >= 0.3 is 0 Å². The maximum absolute atomic E-state index is 15.0. The molecule has 708 valence electrons. The van der Waals surface area contributed by atoms with E-state index in [9.17, 15) is 19.2 Å². The first-order valence-electron chi connectivity index (χ1n) is 48.3. The minimum atomic E-state index is -0.392. The lowest BCUT2D eigenvalue weighted by Gasteiger charge is -2.26. The van der Waals surface area contributed by atoms with E-state index in [1.165, 1.54) is 33.4 Å². The van der Waals surface area contributed by atoms with Crippen LogP contribution in [0.5, 0.6) is 11.5 Å². The third-order valence-corrected chi connectivity index (χ3v) is 25.4. The summed E-state index contributed by atoms with van der Waals surface area (Å²) in [6.45, 7) is 46.3. The van der Waals surface area contributed by atoms with Crippen LogP contribution < -0.4 is 30.7 Å². The summed E-state index contributed by atoms with van der Waals surface area (Å²) in [5.41, 5.74) is 27.4. The topological polar surface area (TPSA) is 257 Å². The fourth-order valence-corrected chi connectivity index (χ4v) is 17.2. The molecule has 0 saturated carbocycles. The second-order valence-corrected chi connectivity index (χ2v) is 42.9. The van der Waals surface area contributed by atoms with Gasteiger partial charge in [-0.3, -0.25) is 39.1 Å². The largest absolute Gasteiger partial charge is 0.493 e. The van der Waals surface area contributed by atoms with Gasteiger partial charge in [0.1, 0.15) is 11.5 Å². The van der Waals surface area contributed by atoms with Crippen molar-refractivity contribution in [1.82, 2.24) is 60.8 Å². The van der Waals surface area contributed by atoms with Gasteiger partial charge in [-0.15, -0.1) is 0 Å². The van der Waals surface area contributed by atoms with Gasteiger partial charge in [-0.05, 0) is 258 Å². The van der Waals surface area contributed by atoms with Crippen molar-refractivity contribution in [3.8, 4) is 101 Å². The molecule has 0 aliphatic carbocycles. The number of ether oxygens (including phenoxy) is 2. The summed E-state index contributed by atoms with van der Waals surface area (Å²) in [4.78, 5) is 100. The van der Waals surface area contributed by atoms with Crippen molar-refractivity contribution < 1.29 is 28.7 Å². The Labute approximate surface area is 817 Å². The minimum Gasteiger partial charge on any atom is -0.493 e. The molecule has 16 rings (SSSR count). The molecule has 0 atom stereocenters. The lowest BCUT2D eigenvalue weighted by Crippen LogP contribution is -2.28. The van der Waals surface area contributed by atoms with Crippen molar-refractivity contribution >= 4 is 75.7 Å². The molecule has 0 unspecified atom stereocenters. The normalized spacial score (nSPS) is 12.4. The molecule has 6 N–H and O–H groups in total. The van der Waals surface area contributed by atoms with Crippen LogP contribution in [0.15, 0.2) is 243 Å². The second kappa shape index (κ2) is 40.1. The van der Waals surface area contributed by atoms with Crippen LogP contribution in [0.4, 0.5) is 5.69 Å². The Morgan fingerprint density at radius 2 is 0.741 bits per heavy atom. The molecule has 6 aromatic carbocycles.